The summed E-state index contributed by atoms with van der Waals surface area (Å²) >= 11 is 6.23. The smallest absolute Gasteiger partial charge is 0.117 e. The van der Waals surface area contributed by atoms with Crippen LogP contribution in [0.5, 0.6) is 5.75 Å². The van der Waals surface area contributed by atoms with Gasteiger partial charge in [0.25, 0.3) is 0 Å². The summed E-state index contributed by atoms with van der Waals surface area (Å²) in [6, 6.07) is 14.5. The lowest BCUT2D eigenvalue weighted by molar-refractivity contribution is 0.00257. The van der Waals surface area contributed by atoms with Crippen LogP contribution in [0.2, 0.25) is 5.02 Å². The number of hydrogen-bond acceptors (Lipinski definition) is 4. The lowest BCUT2D eigenvalue weighted by atomic mass is 9.90. The van der Waals surface area contributed by atoms with E-state index in [0.29, 0.717) is 17.9 Å². The summed E-state index contributed by atoms with van der Waals surface area (Å²) in [5, 5.41) is 39.4. The minimum absolute atomic E-state index is 0.0978. The van der Waals surface area contributed by atoms with E-state index in [1.54, 1.807) is 12.1 Å². The van der Waals surface area contributed by atoms with Crippen LogP contribution >= 0.6 is 11.6 Å². The average Bonchev–Trinajstić information content (AvgIpc) is 2.67. The van der Waals surface area contributed by atoms with Crippen LogP contribution in [0.1, 0.15) is 24.0 Å². The van der Waals surface area contributed by atoms with E-state index in [4.69, 9.17) is 16.7 Å². The summed E-state index contributed by atoms with van der Waals surface area (Å²) in [7, 11) is 0. The van der Waals surface area contributed by atoms with Crippen molar-refractivity contribution in [3.8, 4) is 5.75 Å². The number of aliphatic hydroxyl groups excluding tert-OH is 3. The molecule has 3 atom stereocenters. The molecule has 4 N–H and O–H groups in total. The molecule has 5 heteroatoms. The first-order chi connectivity index (χ1) is 13.0. The van der Waals surface area contributed by atoms with Gasteiger partial charge in [-0.15, -0.1) is 6.58 Å². The number of aliphatic hydroxyl groups is 3. The average molecular weight is 389 g/mol. The first-order valence-corrected chi connectivity index (χ1v) is 9.18. The lowest BCUT2D eigenvalue weighted by Gasteiger charge is -2.24. The molecule has 2 aromatic carbocycles. The van der Waals surface area contributed by atoms with Gasteiger partial charge in [0.15, 0.2) is 0 Å². The summed E-state index contributed by atoms with van der Waals surface area (Å²) in [5.41, 5.74) is 2.72. The molecule has 0 fully saturated rings. The van der Waals surface area contributed by atoms with Crippen molar-refractivity contribution in [1.82, 2.24) is 0 Å². The molecule has 0 radical (unpaired) electrons. The Balaban J connectivity index is 2.26. The number of rotatable bonds is 9. The minimum atomic E-state index is -1.05. The van der Waals surface area contributed by atoms with Crippen molar-refractivity contribution < 1.29 is 20.4 Å². The summed E-state index contributed by atoms with van der Waals surface area (Å²) in [4.78, 5) is 0. The molecule has 0 spiro atoms. The molecule has 0 saturated carbocycles. The molecule has 4 nitrogen and oxygen atoms in total. The lowest BCUT2D eigenvalue weighted by Crippen LogP contribution is -2.32. The van der Waals surface area contributed by atoms with Gasteiger partial charge >= 0.3 is 0 Å². The second-order valence-corrected chi connectivity index (χ2v) is 6.82. The second-order valence-electron chi connectivity index (χ2n) is 6.41. The summed E-state index contributed by atoms with van der Waals surface area (Å²) in [5.74, 6) is -0.509. The number of allylic oxidation sites excluding steroid dienone is 1. The van der Waals surface area contributed by atoms with Gasteiger partial charge in [0.05, 0.1) is 23.8 Å². The largest absolute Gasteiger partial charge is 0.508 e. The molecule has 2 rings (SSSR count). The van der Waals surface area contributed by atoms with Crippen LogP contribution in [-0.4, -0.2) is 39.2 Å². The zero-order valence-corrected chi connectivity index (χ0v) is 15.8. The standard InChI is InChI=1S/C22H25ClO4/c1-2-19(22(27)14-24)21(26)11-9-16(15-6-4-3-5-7-15)12-17-8-10-18(25)13-20(17)23/h2-8,10,12-13,19,21-22,24-27H,1,9,11,14H2/b16-12-/t19-,21-,22-/m1/s1. The van der Waals surface area contributed by atoms with Gasteiger partial charge in [-0.2, -0.15) is 0 Å². The number of benzene rings is 2. The van der Waals surface area contributed by atoms with Gasteiger partial charge in [-0.05, 0) is 53.8 Å². The third-order valence-electron chi connectivity index (χ3n) is 4.52. The van der Waals surface area contributed by atoms with Crippen molar-refractivity contribution in [3.63, 3.8) is 0 Å². The fourth-order valence-corrected chi connectivity index (χ4v) is 3.19. The summed E-state index contributed by atoms with van der Waals surface area (Å²) in [6.07, 6.45) is 2.42. The van der Waals surface area contributed by atoms with E-state index in [1.165, 1.54) is 12.1 Å². The maximum Gasteiger partial charge on any atom is 0.117 e. The zero-order valence-electron chi connectivity index (χ0n) is 15.0. The molecule has 0 saturated heterocycles. The Bertz CT molecular complexity index is 773. The molecule has 0 bridgehead atoms. The van der Waals surface area contributed by atoms with Gasteiger partial charge in [0.1, 0.15) is 5.75 Å². The number of phenols is 1. The number of hydrogen-bond donors (Lipinski definition) is 4. The van der Waals surface area contributed by atoms with E-state index in [1.807, 2.05) is 36.4 Å². The van der Waals surface area contributed by atoms with E-state index in [2.05, 4.69) is 6.58 Å². The predicted octanol–water partition coefficient (Wildman–Crippen LogP) is 3.88. The molecule has 0 unspecified atom stereocenters. The predicted molar refractivity (Wildman–Crippen MR) is 109 cm³/mol. The van der Waals surface area contributed by atoms with E-state index >= 15 is 0 Å². The van der Waals surface area contributed by atoms with Crippen molar-refractivity contribution in [2.75, 3.05) is 6.61 Å². The van der Waals surface area contributed by atoms with Crippen LogP contribution in [0, 0.1) is 5.92 Å². The topological polar surface area (TPSA) is 80.9 Å². The third-order valence-corrected chi connectivity index (χ3v) is 4.84. The third kappa shape index (κ3) is 5.94. The Morgan fingerprint density at radius 2 is 1.78 bits per heavy atom. The van der Waals surface area contributed by atoms with Crippen LogP contribution in [0.15, 0.2) is 61.2 Å². The Kier molecular flexibility index (Phi) is 8.07. The number of halogens is 1. The molecular weight excluding hydrogens is 364 g/mol. The molecule has 0 aliphatic rings. The minimum Gasteiger partial charge on any atom is -0.508 e. The summed E-state index contributed by atoms with van der Waals surface area (Å²) < 4.78 is 0. The van der Waals surface area contributed by atoms with Gasteiger partial charge in [-0.25, -0.2) is 0 Å². The van der Waals surface area contributed by atoms with Crippen molar-refractivity contribution in [2.45, 2.75) is 25.0 Å². The Morgan fingerprint density at radius 3 is 2.37 bits per heavy atom. The Morgan fingerprint density at radius 1 is 1.07 bits per heavy atom. The van der Waals surface area contributed by atoms with Gasteiger partial charge in [0, 0.05) is 5.92 Å². The highest BCUT2D eigenvalue weighted by molar-refractivity contribution is 6.32. The Hall–Kier alpha value is -2.11. The van der Waals surface area contributed by atoms with Crippen LogP contribution < -0.4 is 0 Å². The summed E-state index contributed by atoms with van der Waals surface area (Å²) in [6.45, 7) is 3.20. The Labute approximate surface area is 164 Å². The van der Waals surface area contributed by atoms with E-state index in [-0.39, 0.29) is 5.75 Å². The maximum atomic E-state index is 10.4. The van der Waals surface area contributed by atoms with Crippen LogP contribution in [0.25, 0.3) is 11.6 Å². The van der Waals surface area contributed by atoms with Gasteiger partial charge < -0.3 is 20.4 Å². The highest BCUT2D eigenvalue weighted by Crippen LogP contribution is 2.30. The molecule has 144 valence electrons. The van der Waals surface area contributed by atoms with Gasteiger partial charge in [-0.3, -0.25) is 0 Å². The number of phenolic OH excluding ortho intramolecular Hbond substituents is 1. The molecule has 0 aliphatic heterocycles. The van der Waals surface area contributed by atoms with Crippen LogP contribution in [0.4, 0.5) is 0 Å². The highest BCUT2D eigenvalue weighted by atomic mass is 35.5. The molecule has 0 aromatic heterocycles. The number of aromatic hydroxyl groups is 1. The highest BCUT2D eigenvalue weighted by Gasteiger charge is 2.23. The SMILES string of the molecule is C=C[C@@H]([C@H](O)CO)[C@H](O)CC/C(=C/c1ccc(O)cc1Cl)c1ccccc1. The van der Waals surface area contributed by atoms with Crippen LogP contribution in [0.3, 0.4) is 0 Å². The van der Waals surface area contributed by atoms with E-state index < -0.39 is 24.7 Å². The van der Waals surface area contributed by atoms with Crippen molar-refractivity contribution in [1.29, 1.82) is 0 Å². The molecule has 0 aliphatic carbocycles. The molecule has 0 heterocycles. The fraction of sp³-hybridized carbons (Fsp3) is 0.273. The van der Waals surface area contributed by atoms with E-state index in [0.717, 1.165) is 16.7 Å². The quantitative estimate of drug-likeness (QED) is 0.388. The fourth-order valence-electron chi connectivity index (χ4n) is 2.96. The first kappa shape index (κ1) is 21.2. The molecular formula is C22H25ClO4. The maximum absolute atomic E-state index is 10.4. The van der Waals surface area contributed by atoms with Crippen molar-refractivity contribution in [3.05, 3.63) is 77.3 Å². The van der Waals surface area contributed by atoms with Crippen molar-refractivity contribution in [2.24, 2.45) is 5.92 Å². The van der Waals surface area contributed by atoms with E-state index in [9.17, 15) is 15.3 Å². The zero-order chi connectivity index (χ0) is 19.8. The normalized spacial score (nSPS) is 15.2. The molecule has 0 amide bonds. The van der Waals surface area contributed by atoms with Crippen LogP contribution in [-0.2, 0) is 0 Å². The molecule has 27 heavy (non-hydrogen) atoms. The van der Waals surface area contributed by atoms with Gasteiger partial charge in [0.2, 0.25) is 0 Å². The monoisotopic (exact) mass is 388 g/mol. The first-order valence-electron chi connectivity index (χ1n) is 8.80. The second kappa shape index (κ2) is 10.3. The molecule has 2 aromatic rings. The van der Waals surface area contributed by atoms with Gasteiger partial charge in [-0.1, -0.05) is 48.0 Å². The van der Waals surface area contributed by atoms with Crippen molar-refractivity contribution >= 4 is 23.3 Å².